The van der Waals surface area contributed by atoms with Crippen molar-refractivity contribution in [3.05, 3.63) is 29.8 Å². The molecule has 1 saturated heterocycles. The second-order valence-corrected chi connectivity index (χ2v) is 4.69. The minimum Gasteiger partial charge on any atom is -0.481 e. The first-order valence-corrected chi connectivity index (χ1v) is 6.81. The van der Waals surface area contributed by atoms with E-state index in [0.717, 1.165) is 25.9 Å². The predicted molar refractivity (Wildman–Crippen MR) is 74.1 cm³/mol. The number of carbonyl (C=O) groups excluding carboxylic acids is 3. The van der Waals surface area contributed by atoms with Crippen molar-refractivity contribution in [1.82, 2.24) is 4.90 Å². The van der Waals surface area contributed by atoms with Crippen LogP contribution < -0.4 is 4.74 Å². The van der Waals surface area contributed by atoms with Crippen LogP contribution >= 0.6 is 0 Å². The number of esters is 1. The summed E-state index contributed by atoms with van der Waals surface area (Å²) in [6.07, 6.45) is 2.63. The predicted octanol–water partition coefficient (Wildman–Crippen LogP) is 1.04. The molecule has 1 aliphatic rings. The van der Waals surface area contributed by atoms with Crippen LogP contribution in [0.3, 0.4) is 0 Å². The Morgan fingerprint density at radius 1 is 1.14 bits per heavy atom. The fraction of sp³-hybridized carbons (Fsp3) is 0.400. The molecule has 1 amide bonds. The number of hydrogen-bond acceptors (Lipinski definition) is 5. The van der Waals surface area contributed by atoms with Crippen molar-refractivity contribution < 1.29 is 23.9 Å². The summed E-state index contributed by atoms with van der Waals surface area (Å²) in [7, 11) is 0. The van der Waals surface area contributed by atoms with Crippen LogP contribution in [-0.4, -0.2) is 49.4 Å². The Morgan fingerprint density at radius 3 is 2.57 bits per heavy atom. The van der Waals surface area contributed by atoms with Gasteiger partial charge in [-0.25, -0.2) is 4.79 Å². The maximum Gasteiger partial charge on any atom is 0.344 e. The first-order valence-electron chi connectivity index (χ1n) is 6.81. The molecular formula is C15H17NO5. The number of benzene rings is 1. The molecule has 0 unspecified atom stereocenters. The molecule has 2 rings (SSSR count). The van der Waals surface area contributed by atoms with Gasteiger partial charge >= 0.3 is 5.97 Å². The average Bonchev–Trinajstić information content (AvgIpc) is 3.05. The largest absolute Gasteiger partial charge is 0.481 e. The molecule has 112 valence electrons. The van der Waals surface area contributed by atoms with Gasteiger partial charge in [0.1, 0.15) is 5.75 Å². The highest BCUT2D eigenvalue weighted by Crippen LogP contribution is 2.15. The van der Waals surface area contributed by atoms with Crippen LogP contribution in [0.5, 0.6) is 5.75 Å². The van der Waals surface area contributed by atoms with Crippen molar-refractivity contribution in [1.29, 1.82) is 0 Å². The fourth-order valence-corrected chi connectivity index (χ4v) is 2.09. The highest BCUT2D eigenvalue weighted by molar-refractivity contribution is 5.82. The van der Waals surface area contributed by atoms with E-state index in [0.29, 0.717) is 17.6 Å². The number of amides is 1. The van der Waals surface area contributed by atoms with E-state index >= 15 is 0 Å². The third-order valence-electron chi connectivity index (χ3n) is 3.21. The van der Waals surface area contributed by atoms with Crippen molar-refractivity contribution >= 4 is 18.2 Å². The molecule has 1 heterocycles. The molecule has 1 aromatic carbocycles. The van der Waals surface area contributed by atoms with Gasteiger partial charge in [0.15, 0.2) is 19.5 Å². The molecule has 0 atom stereocenters. The molecule has 0 bridgehead atoms. The van der Waals surface area contributed by atoms with Crippen molar-refractivity contribution in [3.8, 4) is 5.75 Å². The van der Waals surface area contributed by atoms with Gasteiger partial charge in [0.05, 0.1) is 5.56 Å². The van der Waals surface area contributed by atoms with Gasteiger partial charge < -0.3 is 14.4 Å². The molecule has 1 fully saturated rings. The molecule has 1 aromatic rings. The van der Waals surface area contributed by atoms with Crippen LogP contribution in [0.4, 0.5) is 0 Å². The Balaban J connectivity index is 1.74. The van der Waals surface area contributed by atoms with E-state index in [1.54, 1.807) is 29.2 Å². The van der Waals surface area contributed by atoms with Crippen LogP contribution in [0, 0.1) is 0 Å². The Labute approximate surface area is 122 Å². The number of ether oxygens (including phenoxy) is 2. The first-order chi connectivity index (χ1) is 10.2. The van der Waals surface area contributed by atoms with Crippen LogP contribution in [-0.2, 0) is 14.3 Å². The van der Waals surface area contributed by atoms with Crippen LogP contribution in [0.25, 0.3) is 0 Å². The molecule has 1 aliphatic heterocycles. The highest BCUT2D eigenvalue weighted by atomic mass is 16.6. The molecule has 0 aromatic heterocycles. The minimum absolute atomic E-state index is 0.186. The normalized spacial score (nSPS) is 13.8. The molecule has 6 nitrogen and oxygen atoms in total. The second kappa shape index (κ2) is 7.42. The smallest absolute Gasteiger partial charge is 0.344 e. The monoisotopic (exact) mass is 291 g/mol. The molecule has 0 saturated carbocycles. The van der Waals surface area contributed by atoms with Crippen LogP contribution in [0.15, 0.2) is 24.3 Å². The van der Waals surface area contributed by atoms with Crippen molar-refractivity contribution in [2.75, 3.05) is 26.3 Å². The Morgan fingerprint density at radius 2 is 1.86 bits per heavy atom. The maximum absolute atomic E-state index is 11.7. The summed E-state index contributed by atoms with van der Waals surface area (Å²) < 4.78 is 10.1. The quantitative estimate of drug-likeness (QED) is 0.578. The van der Waals surface area contributed by atoms with E-state index < -0.39 is 5.97 Å². The van der Waals surface area contributed by atoms with E-state index in [1.165, 1.54) is 0 Å². The lowest BCUT2D eigenvalue weighted by molar-refractivity contribution is -0.153. The van der Waals surface area contributed by atoms with Gasteiger partial charge in [0, 0.05) is 13.1 Å². The van der Waals surface area contributed by atoms with E-state index in [9.17, 15) is 14.4 Å². The summed E-state index contributed by atoms with van der Waals surface area (Å²) >= 11 is 0. The van der Waals surface area contributed by atoms with Gasteiger partial charge in [-0.1, -0.05) is 12.1 Å². The standard InChI is InChI=1S/C15H17NO5/c17-9-12-5-1-2-6-13(12)20-11-15(19)21-10-14(18)16-7-3-4-8-16/h1-2,5-6,9H,3-4,7-8,10-11H2. The van der Waals surface area contributed by atoms with Gasteiger partial charge in [-0.15, -0.1) is 0 Å². The number of hydrogen-bond donors (Lipinski definition) is 0. The summed E-state index contributed by atoms with van der Waals surface area (Å²) in [5, 5.41) is 0. The summed E-state index contributed by atoms with van der Waals surface area (Å²) in [6, 6.07) is 6.57. The van der Waals surface area contributed by atoms with Crippen molar-refractivity contribution in [2.45, 2.75) is 12.8 Å². The number of para-hydroxylation sites is 1. The summed E-state index contributed by atoms with van der Waals surface area (Å²) in [6.45, 7) is 0.842. The molecule has 0 N–H and O–H groups in total. The number of carbonyl (C=O) groups is 3. The zero-order chi connectivity index (χ0) is 15.1. The van der Waals surface area contributed by atoms with Crippen LogP contribution in [0.1, 0.15) is 23.2 Å². The molecule has 0 spiro atoms. The summed E-state index contributed by atoms with van der Waals surface area (Å²) in [5.74, 6) is -0.507. The summed E-state index contributed by atoms with van der Waals surface area (Å²) in [4.78, 5) is 35.7. The Bertz CT molecular complexity index is 523. The number of nitrogens with zero attached hydrogens (tertiary/aromatic N) is 1. The van der Waals surface area contributed by atoms with E-state index in [-0.39, 0.29) is 19.1 Å². The topological polar surface area (TPSA) is 72.9 Å². The molecular weight excluding hydrogens is 274 g/mol. The Kier molecular flexibility index (Phi) is 5.31. The minimum atomic E-state index is -0.636. The third-order valence-corrected chi connectivity index (χ3v) is 3.21. The number of aldehydes is 1. The number of rotatable bonds is 6. The van der Waals surface area contributed by atoms with Gasteiger partial charge in [0.25, 0.3) is 5.91 Å². The maximum atomic E-state index is 11.7. The van der Waals surface area contributed by atoms with Gasteiger partial charge in [-0.05, 0) is 25.0 Å². The first kappa shape index (κ1) is 15.0. The SMILES string of the molecule is O=Cc1ccccc1OCC(=O)OCC(=O)N1CCCC1. The lowest BCUT2D eigenvalue weighted by Crippen LogP contribution is -2.32. The molecule has 0 aliphatic carbocycles. The van der Waals surface area contributed by atoms with Gasteiger partial charge in [-0.2, -0.15) is 0 Å². The number of likely N-dealkylation sites (tertiary alicyclic amines) is 1. The summed E-state index contributed by atoms with van der Waals surface area (Å²) in [5.41, 5.74) is 0.360. The molecule has 6 heteroatoms. The second-order valence-electron chi connectivity index (χ2n) is 4.69. The Hall–Kier alpha value is -2.37. The zero-order valence-electron chi connectivity index (χ0n) is 11.6. The lowest BCUT2D eigenvalue weighted by Gasteiger charge is -2.15. The molecule has 21 heavy (non-hydrogen) atoms. The van der Waals surface area contributed by atoms with Gasteiger partial charge in [0.2, 0.25) is 0 Å². The van der Waals surface area contributed by atoms with E-state index in [1.807, 2.05) is 0 Å². The zero-order valence-corrected chi connectivity index (χ0v) is 11.6. The van der Waals surface area contributed by atoms with Crippen molar-refractivity contribution in [3.63, 3.8) is 0 Å². The fourth-order valence-electron chi connectivity index (χ4n) is 2.09. The third kappa shape index (κ3) is 4.30. The lowest BCUT2D eigenvalue weighted by atomic mass is 10.2. The van der Waals surface area contributed by atoms with Crippen molar-refractivity contribution in [2.24, 2.45) is 0 Å². The van der Waals surface area contributed by atoms with Gasteiger partial charge in [-0.3, -0.25) is 9.59 Å². The average molecular weight is 291 g/mol. The van der Waals surface area contributed by atoms with E-state index in [4.69, 9.17) is 9.47 Å². The van der Waals surface area contributed by atoms with E-state index in [2.05, 4.69) is 0 Å². The molecule has 0 radical (unpaired) electrons. The highest BCUT2D eigenvalue weighted by Gasteiger charge is 2.19. The van der Waals surface area contributed by atoms with Crippen LogP contribution in [0.2, 0.25) is 0 Å².